The molecule has 2 rings (SSSR count). The van der Waals surface area contributed by atoms with Crippen LogP contribution in [0, 0.1) is 0 Å². The maximum Gasteiger partial charge on any atom is 0.244 e. The van der Waals surface area contributed by atoms with Gasteiger partial charge < -0.3 is 0 Å². The van der Waals surface area contributed by atoms with Gasteiger partial charge in [0, 0.05) is 18.6 Å². The fraction of sp³-hybridized carbons (Fsp3) is 0.167. The zero-order chi connectivity index (χ0) is 13.9. The van der Waals surface area contributed by atoms with Crippen molar-refractivity contribution in [3.63, 3.8) is 0 Å². The number of nitrogens with one attached hydrogen (secondary N) is 1. The number of sulfonamides is 1. The fourth-order valence-electron chi connectivity index (χ4n) is 1.55. The molecule has 2 aromatic heterocycles. The molecule has 0 bridgehead atoms. The third kappa shape index (κ3) is 3.28. The van der Waals surface area contributed by atoms with Crippen molar-refractivity contribution < 1.29 is 8.42 Å². The van der Waals surface area contributed by atoms with E-state index in [0.717, 1.165) is 0 Å². The van der Waals surface area contributed by atoms with Gasteiger partial charge in [-0.05, 0) is 25.1 Å². The van der Waals surface area contributed by atoms with E-state index in [1.807, 2.05) is 0 Å². The lowest BCUT2D eigenvalue weighted by Gasteiger charge is -2.14. The lowest BCUT2D eigenvalue weighted by molar-refractivity contribution is 0.563. The van der Waals surface area contributed by atoms with Crippen molar-refractivity contribution in [2.75, 3.05) is 0 Å². The monoisotopic (exact) mass is 297 g/mol. The quantitative estimate of drug-likeness (QED) is 0.939. The van der Waals surface area contributed by atoms with Crippen LogP contribution in [0.3, 0.4) is 0 Å². The second-order valence-corrected chi connectivity index (χ2v) is 5.99. The first-order valence-electron chi connectivity index (χ1n) is 5.53. The van der Waals surface area contributed by atoms with Crippen LogP contribution in [-0.4, -0.2) is 18.4 Å². The SMILES string of the molecule is CC(NS(=O)(=O)c1cnccc1Cl)c1ccccn1. The topological polar surface area (TPSA) is 72.0 Å². The van der Waals surface area contributed by atoms with E-state index in [1.165, 1.54) is 18.5 Å². The molecule has 1 N–H and O–H groups in total. The van der Waals surface area contributed by atoms with Crippen molar-refractivity contribution in [1.82, 2.24) is 14.7 Å². The predicted octanol–water partition coefficient (Wildman–Crippen LogP) is 2.17. The number of pyridine rings is 2. The third-order valence-corrected chi connectivity index (χ3v) is 4.50. The highest BCUT2D eigenvalue weighted by Crippen LogP contribution is 2.21. The van der Waals surface area contributed by atoms with Crippen molar-refractivity contribution in [2.24, 2.45) is 0 Å². The van der Waals surface area contributed by atoms with Gasteiger partial charge in [-0.15, -0.1) is 0 Å². The summed E-state index contributed by atoms with van der Waals surface area (Å²) < 4.78 is 26.9. The minimum Gasteiger partial charge on any atom is -0.263 e. The van der Waals surface area contributed by atoms with E-state index < -0.39 is 16.1 Å². The molecule has 0 saturated carbocycles. The van der Waals surface area contributed by atoms with Gasteiger partial charge in [-0.3, -0.25) is 9.97 Å². The second kappa shape index (κ2) is 5.64. The Morgan fingerprint density at radius 1 is 1.26 bits per heavy atom. The molecule has 0 aliphatic rings. The Morgan fingerprint density at radius 3 is 2.68 bits per heavy atom. The highest BCUT2D eigenvalue weighted by atomic mass is 35.5. The summed E-state index contributed by atoms with van der Waals surface area (Å²) >= 11 is 5.86. The summed E-state index contributed by atoms with van der Waals surface area (Å²) in [7, 11) is -3.72. The van der Waals surface area contributed by atoms with E-state index in [4.69, 9.17) is 11.6 Å². The predicted molar refractivity (Wildman–Crippen MR) is 72.2 cm³/mol. The normalized spacial score (nSPS) is 13.2. The molecule has 1 unspecified atom stereocenters. The van der Waals surface area contributed by atoms with Crippen LogP contribution in [0.2, 0.25) is 5.02 Å². The summed E-state index contributed by atoms with van der Waals surface area (Å²) in [4.78, 5) is 7.83. The van der Waals surface area contributed by atoms with Gasteiger partial charge in [-0.2, -0.15) is 0 Å². The van der Waals surface area contributed by atoms with Crippen LogP contribution in [0.25, 0.3) is 0 Å². The van der Waals surface area contributed by atoms with Crippen molar-refractivity contribution in [2.45, 2.75) is 17.9 Å². The summed E-state index contributed by atoms with van der Waals surface area (Å²) in [5.74, 6) is 0. The molecule has 0 aliphatic carbocycles. The number of halogens is 1. The van der Waals surface area contributed by atoms with Crippen molar-refractivity contribution >= 4 is 21.6 Å². The zero-order valence-corrected chi connectivity index (χ0v) is 11.7. The van der Waals surface area contributed by atoms with Crippen LogP contribution < -0.4 is 4.72 Å². The van der Waals surface area contributed by atoms with Gasteiger partial charge in [0.2, 0.25) is 10.0 Å². The molecule has 5 nitrogen and oxygen atoms in total. The van der Waals surface area contributed by atoms with Crippen LogP contribution in [0.1, 0.15) is 18.7 Å². The van der Waals surface area contributed by atoms with Crippen molar-refractivity contribution in [3.8, 4) is 0 Å². The lowest BCUT2D eigenvalue weighted by atomic mass is 10.2. The Bertz CT molecular complexity index is 662. The average Bonchev–Trinajstić information content (AvgIpc) is 2.39. The molecule has 19 heavy (non-hydrogen) atoms. The third-order valence-electron chi connectivity index (χ3n) is 2.49. The number of aromatic nitrogens is 2. The summed E-state index contributed by atoms with van der Waals surface area (Å²) in [6, 6.07) is 6.29. The fourth-order valence-corrected chi connectivity index (χ4v) is 3.20. The molecule has 0 fully saturated rings. The molecule has 2 heterocycles. The molecular weight excluding hydrogens is 286 g/mol. The van der Waals surface area contributed by atoms with Crippen LogP contribution in [0.15, 0.2) is 47.8 Å². The minimum atomic E-state index is -3.72. The van der Waals surface area contributed by atoms with E-state index in [0.29, 0.717) is 5.69 Å². The number of hydrogen-bond acceptors (Lipinski definition) is 4. The Hall–Kier alpha value is -1.50. The van der Waals surface area contributed by atoms with E-state index >= 15 is 0 Å². The molecule has 0 saturated heterocycles. The molecule has 0 radical (unpaired) electrons. The van der Waals surface area contributed by atoms with Gasteiger partial charge >= 0.3 is 0 Å². The van der Waals surface area contributed by atoms with Crippen LogP contribution >= 0.6 is 11.6 Å². The van der Waals surface area contributed by atoms with E-state index in [1.54, 1.807) is 31.3 Å². The Labute approximate surface area is 116 Å². The summed E-state index contributed by atoms with van der Waals surface area (Å²) in [5.41, 5.74) is 0.631. The molecule has 0 aromatic carbocycles. The lowest BCUT2D eigenvalue weighted by Crippen LogP contribution is -2.27. The van der Waals surface area contributed by atoms with E-state index in [9.17, 15) is 8.42 Å². The van der Waals surface area contributed by atoms with Crippen LogP contribution in [0.4, 0.5) is 0 Å². The molecule has 7 heteroatoms. The van der Waals surface area contributed by atoms with Gasteiger partial charge in [0.25, 0.3) is 0 Å². The molecule has 0 spiro atoms. The van der Waals surface area contributed by atoms with Gasteiger partial charge in [-0.1, -0.05) is 17.7 Å². The molecular formula is C12H12ClN3O2S. The largest absolute Gasteiger partial charge is 0.263 e. The Balaban J connectivity index is 2.26. The van der Waals surface area contributed by atoms with Crippen molar-refractivity contribution in [3.05, 3.63) is 53.6 Å². The smallest absolute Gasteiger partial charge is 0.244 e. The zero-order valence-electron chi connectivity index (χ0n) is 10.1. The summed E-state index contributed by atoms with van der Waals surface area (Å²) in [5, 5.41) is 0.135. The highest BCUT2D eigenvalue weighted by molar-refractivity contribution is 7.89. The average molecular weight is 298 g/mol. The van der Waals surface area contributed by atoms with Gasteiger partial charge in [-0.25, -0.2) is 13.1 Å². The first kappa shape index (κ1) is 13.9. The van der Waals surface area contributed by atoms with E-state index in [2.05, 4.69) is 14.7 Å². The van der Waals surface area contributed by atoms with E-state index in [-0.39, 0.29) is 9.92 Å². The number of nitrogens with zero attached hydrogens (tertiary/aromatic N) is 2. The van der Waals surface area contributed by atoms with Gasteiger partial charge in [0.15, 0.2) is 0 Å². The second-order valence-electron chi connectivity index (χ2n) is 3.90. The van der Waals surface area contributed by atoms with Crippen LogP contribution in [0.5, 0.6) is 0 Å². The standard InChI is InChI=1S/C12H12ClN3O2S/c1-9(11-4-2-3-6-15-11)16-19(17,18)12-8-14-7-5-10(12)13/h2-9,16H,1H3. The first-order valence-corrected chi connectivity index (χ1v) is 7.39. The molecule has 100 valence electrons. The summed E-state index contributed by atoms with van der Waals surface area (Å²) in [6.07, 6.45) is 4.26. The van der Waals surface area contributed by atoms with Gasteiger partial charge in [0.1, 0.15) is 4.90 Å². The Morgan fingerprint density at radius 2 is 2.05 bits per heavy atom. The number of rotatable bonds is 4. The molecule has 0 amide bonds. The maximum atomic E-state index is 12.2. The highest BCUT2D eigenvalue weighted by Gasteiger charge is 2.21. The minimum absolute atomic E-state index is 0.0422. The Kier molecular flexibility index (Phi) is 4.14. The molecule has 1 atom stereocenters. The van der Waals surface area contributed by atoms with Crippen LogP contribution in [-0.2, 0) is 10.0 Å². The molecule has 0 aliphatic heterocycles. The summed E-state index contributed by atoms with van der Waals surface area (Å²) in [6.45, 7) is 1.71. The number of hydrogen-bond donors (Lipinski definition) is 1. The van der Waals surface area contributed by atoms with Gasteiger partial charge in [0.05, 0.1) is 16.8 Å². The maximum absolute atomic E-state index is 12.2. The van der Waals surface area contributed by atoms with Crippen molar-refractivity contribution in [1.29, 1.82) is 0 Å². The molecule has 2 aromatic rings. The first-order chi connectivity index (χ1) is 9.00.